The third-order valence-corrected chi connectivity index (χ3v) is 4.79. The lowest BCUT2D eigenvalue weighted by molar-refractivity contribution is 1.29. The molecule has 0 spiro atoms. The number of aromatic nitrogens is 1. The molecule has 0 saturated heterocycles. The molecule has 116 valence electrons. The van der Waals surface area contributed by atoms with E-state index in [2.05, 4.69) is 70.5 Å². The van der Waals surface area contributed by atoms with Crippen molar-refractivity contribution in [3.8, 4) is 10.6 Å². The number of thiazole rings is 1. The van der Waals surface area contributed by atoms with Crippen LogP contribution in [0, 0.1) is 0 Å². The topological polar surface area (TPSA) is 16.1 Å². The molecular weight excluding hydrogens is 312 g/mol. The lowest BCUT2D eigenvalue weighted by atomic mass is 10.2. The minimum absolute atomic E-state index is 1.03. The largest absolute Gasteiger partial charge is 0.301 e. The van der Waals surface area contributed by atoms with Crippen LogP contribution in [0.5, 0.6) is 0 Å². The minimum Gasteiger partial charge on any atom is -0.301 e. The van der Waals surface area contributed by atoms with Crippen molar-refractivity contribution in [1.82, 2.24) is 4.98 Å². The van der Waals surface area contributed by atoms with Crippen molar-refractivity contribution in [2.75, 3.05) is 4.90 Å². The van der Waals surface area contributed by atoms with Crippen molar-refractivity contribution in [1.29, 1.82) is 0 Å². The van der Waals surface area contributed by atoms with Gasteiger partial charge < -0.3 is 4.90 Å². The zero-order valence-corrected chi connectivity index (χ0v) is 13.9. The van der Waals surface area contributed by atoms with Gasteiger partial charge in [-0.05, 0) is 24.3 Å². The Morgan fingerprint density at radius 1 is 0.625 bits per heavy atom. The summed E-state index contributed by atoms with van der Waals surface area (Å²) in [7, 11) is 0. The highest BCUT2D eigenvalue weighted by Gasteiger charge is 2.15. The van der Waals surface area contributed by atoms with E-state index in [1.165, 1.54) is 0 Å². The Morgan fingerprint density at radius 3 is 1.67 bits per heavy atom. The Bertz CT molecular complexity index is 863. The summed E-state index contributed by atoms with van der Waals surface area (Å²) in [5.74, 6) is 0. The van der Waals surface area contributed by atoms with Gasteiger partial charge in [-0.25, -0.2) is 4.98 Å². The fourth-order valence-corrected chi connectivity index (χ4v) is 3.61. The minimum atomic E-state index is 1.03. The van der Waals surface area contributed by atoms with Crippen LogP contribution in [0.1, 0.15) is 0 Å². The van der Waals surface area contributed by atoms with E-state index in [1.54, 1.807) is 11.3 Å². The van der Waals surface area contributed by atoms with E-state index in [1.807, 2.05) is 36.5 Å². The van der Waals surface area contributed by atoms with E-state index in [-0.39, 0.29) is 0 Å². The van der Waals surface area contributed by atoms with E-state index in [0.29, 0.717) is 0 Å². The Balaban J connectivity index is 1.79. The first-order valence-electron chi connectivity index (χ1n) is 7.83. The molecule has 4 rings (SSSR count). The van der Waals surface area contributed by atoms with Crippen molar-refractivity contribution in [2.45, 2.75) is 0 Å². The van der Waals surface area contributed by atoms with Gasteiger partial charge in [0.1, 0.15) is 10.0 Å². The van der Waals surface area contributed by atoms with Crippen LogP contribution in [-0.2, 0) is 0 Å². The number of anilines is 3. The summed E-state index contributed by atoms with van der Waals surface area (Å²) in [6.07, 6.45) is 1.95. The molecule has 3 aromatic carbocycles. The maximum absolute atomic E-state index is 4.64. The van der Waals surface area contributed by atoms with E-state index in [4.69, 9.17) is 0 Å². The van der Waals surface area contributed by atoms with Crippen molar-refractivity contribution < 1.29 is 0 Å². The molecule has 0 radical (unpaired) electrons. The Hall–Kier alpha value is -2.91. The Labute approximate surface area is 145 Å². The molecule has 0 atom stereocenters. The third kappa shape index (κ3) is 2.94. The predicted octanol–water partition coefficient (Wildman–Crippen LogP) is 6.28. The van der Waals surface area contributed by atoms with E-state index in [0.717, 1.165) is 26.9 Å². The molecule has 0 aliphatic rings. The summed E-state index contributed by atoms with van der Waals surface area (Å²) < 4.78 is 0. The lowest BCUT2D eigenvalue weighted by Gasteiger charge is -2.22. The molecule has 0 aliphatic carbocycles. The van der Waals surface area contributed by atoms with Crippen LogP contribution in [0.3, 0.4) is 0 Å². The van der Waals surface area contributed by atoms with Gasteiger partial charge in [-0.1, -0.05) is 78.1 Å². The van der Waals surface area contributed by atoms with E-state index >= 15 is 0 Å². The van der Waals surface area contributed by atoms with E-state index < -0.39 is 0 Å². The molecule has 24 heavy (non-hydrogen) atoms. The molecule has 0 amide bonds. The zero-order chi connectivity index (χ0) is 16.2. The average Bonchev–Trinajstić information content (AvgIpc) is 3.14. The van der Waals surface area contributed by atoms with E-state index in [9.17, 15) is 0 Å². The van der Waals surface area contributed by atoms with Crippen molar-refractivity contribution in [2.24, 2.45) is 0 Å². The second-order valence-corrected chi connectivity index (χ2v) is 6.39. The van der Waals surface area contributed by atoms with Gasteiger partial charge in [0.15, 0.2) is 0 Å². The molecule has 3 heteroatoms. The summed E-state index contributed by atoms with van der Waals surface area (Å²) in [6.45, 7) is 0. The number of hydrogen-bond acceptors (Lipinski definition) is 3. The highest BCUT2D eigenvalue weighted by atomic mass is 32.1. The molecule has 0 saturated carbocycles. The predicted molar refractivity (Wildman–Crippen MR) is 102 cm³/mol. The van der Waals surface area contributed by atoms with Gasteiger partial charge in [-0.2, -0.15) is 0 Å². The first-order chi connectivity index (χ1) is 11.9. The average molecular weight is 328 g/mol. The van der Waals surface area contributed by atoms with Crippen molar-refractivity contribution >= 4 is 27.7 Å². The highest BCUT2D eigenvalue weighted by molar-refractivity contribution is 7.19. The summed E-state index contributed by atoms with van der Waals surface area (Å²) in [5.41, 5.74) is 3.41. The molecular formula is C21H16N2S. The quantitative estimate of drug-likeness (QED) is 0.438. The first-order valence-corrected chi connectivity index (χ1v) is 8.65. The summed E-state index contributed by atoms with van der Waals surface area (Å²) in [6, 6.07) is 31.1. The number of para-hydroxylation sites is 2. The van der Waals surface area contributed by atoms with Crippen LogP contribution in [0.15, 0.2) is 97.2 Å². The standard InChI is InChI=1S/C21H16N2S/c1-4-10-17(11-5-1)21-22-16-20(24-21)23(18-12-6-2-7-13-18)19-14-8-3-9-15-19/h1-16H. The monoisotopic (exact) mass is 328 g/mol. The van der Waals surface area contributed by atoms with Crippen LogP contribution in [0.4, 0.5) is 16.4 Å². The second-order valence-electron chi connectivity index (χ2n) is 5.38. The normalized spacial score (nSPS) is 10.5. The van der Waals surface area contributed by atoms with Gasteiger partial charge in [-0.15, -0.1) is 0 Å². The number of rotatable bonds is 4. The van der Waals surface area contributed by atoms with Gasteiger partial charge in [0.05, 0.1) is 6.20 Å². The fraction of sp³-hybridized carbons (Fsp3) is 0. The van der Waals surface area contributed by atoms with Crippen LogP contribution < -0.4 is 4.90 Å². The second kappa shape index (κ2) is 6.69. The molecule has 0 aliphatic heterocycles. The van der Waals surface area contributed by atoms with Crippen LogP contribution in [0.25, 0.3) is 10.6 Å². The highest BCUT2D eigenvalue weighted by Crippen LogP contribution is 2.39. The molecule has 2 nitrogen and oxygen atoms in total. The third-order valence-electron chi connectivity index (χ3n) is 3.76. The molecule has 0 fully saturated rings. The number of nitrogens with zero attached hydrogens (tertiary/aromatic N) is 2. The summed E-state index contributed by atoms with van der Waals surface area (Å²) in [5, 5.41) is 2.13. The molecule has 0 N–H and O–H groups in total. The molecule has 1 heterocycles. The van der Waals surface area contributed by atoms with Gasteiger partial charge >= 0.3 is 0 Å². The Morgan fingerprint density at radius 2 is 1.12 bits per heavy atom. The molecule has 4 aromatic rings. The summed E-state index contributed by atoms with van der Waals surface area (Å²) >= 11 is 1.70. The molecule has 0 unspecified atom stereocenters. The zero-order valence-electron chi connectivity index (χ0n) is 13.0. The molecule has 0 bridgehead atoms. The van der Waals surface area contributed by atoms with Gasteiger partial charge in [-0.3, -0.25) is 0 Å². The summed E-state index contributed by atoms with van der Waals surface area (Å²) in [4.78, 5) is 6.88. The van der Waals surface area contributed by atoms with Crippen molar-refractivity contribution in [3.05, 3.63) is 97.2 Å². The number of hydrogen-bond donors (Lipinski definition) is 0. The SMILES string of the molecule is c1ccc(-c2ncc(N(c3ccccc3)c3ccccc3)s2)cc1. The maximum Gasteiger partial charge on any atom is 0.125 e. The van der Waals surface area contributed by atoms with Crippen LogP contribution in [-0.4, -0.2) is 4.98 Å². The van der Waals surface area contributed by atoms with Crippen molar-refractivity contribution in [3.63, 3.8) is 0 Å². The smallest absolute Gasteiger partial charge is 0.125 e. The lowest BCUT2D eigenvalue weighted by Crippen LogP contribution is -2.07. The Kier molecular flexibility index (Phi) is 4.09. The fourth-order valence-electron chi connectivity index (χ4n) is 2.64. The maximum atomic E-state index is 4.64. The first kappa shape index (κ1) is 14.7. The van der Waals surface area contributed by atoms with Gasteiger partial charge in [0.25, 0.3) is 0 Å². The molecule has 1 aromatic heterocycles. The van der Waals surface area contributed by atoms with Crippen LogP contribution >= 0.6 is 11.3 Å². The van der Waals surface area contributed by atoms with Gasteiger partial charge in [0, 0.05) is 16.9 Å². The van der Waals surface area contributed by atoms with Gasteiger partial charge in [0.2, 0.25) is 0 Å². The number of benzene rings is 3. The van der Waals surface area contributed by atoms with Crippen LogP contribution in [0.2, 0.25) is 0 Å².